The van der Waals surface area contributed by atoms with Gasteiger partial charge in [-0.25, -0.2) is 4.39 Å². The number of nitrogens with one attached hydrogen (secondary N) is 2. The smallest absolute Gasteiger partial charge is 0.313 e. The molecule has 7 nitrogen and oxygen atoms in total. The number of anilines is 1. The first-order valence-corrected chi connectivity index (χ1v) is 9.62. The molecule has 0 saturated heterocycles. The number of hydrogen-bond acceptors (Lipinski definition) is 5. The molecule has 2 amide bonds. The lowest BCUT2D eigenvalue weighted by Crippen LogP contribution is -2.37. The Morgan fingerprint density at radius 1 is 1.03 bits per heavy atom. The van der Waals surface area contributed by atoms with Crippen molar-refractivity contribution in [1.82, 2.24) is 5.32 Å². The second-order valence-electron chi connectivity index (χ2n) is 7.09. The van der Waals surface area contributed by atoms with Crippen LogP contribution in [0.4, 0.5) is 10.1 Å². The highest BCUT2D eigenvalue weighted by Gasteiger charge is 2.22. The number of aryl methyl sites for hydroxylation is 1. The van der Waals surface area contributed by atoms with Crippen LogP contribution in [0.15, 0.2) is 40.8 Å². The van der Waals surface area contributed by atoms with Crippen LogP contribution >= 0.6 is 0 Å². The molecule has 1 aromatic heterocycles. The number of furan rings is 1. The average Bonchev–Trinajstić information content (AvgIpc) is 2.89. The fraction of sp³-hybridized carbons (Fsp3) is 0.273. The predicted molar refractivity (Wildman–Crippen MR) is 108 cm³/mol. The third-order valence-corrected chi connectivity index (χ3v) is 4.89. The number of hydrogen-bond donors (Lipinski definition) is 2. The molecule has 1 aliphatic rings. The van der Waals surface area contributed by atoms with Gasteiger partial charge in [-0.3, -0.25) is 9.59 Å². The van der Waals surface area contributed by atoms with Crippen molar-refractivity contribution in [2.24, 2.45) is 0 Å². The zero-order valence-corrected chi connectivity index (χ0v) is 16.6. The second-order valence-corrected chi connectivity index (χ2v) is 7.09. The number of fused-ring (bicyclic) bond motifs is 2. The van der Waals surface area contributed by atoms with Crippen LogP contribution in [0.25, 0.3) is 11.0 Å². The number of carbonyl (C=O) groups excluding carboxylic acids is 2. The third-order valence-electron chi connectivity index (χ3n) is 4.89. The van der Waals surface area contributed by atoms with E-state index in [0.29, 0.717) is 52.7 Å². The molecule has 1 atom stereocenters. The Bertz CT molecular complexity index is 1120. The van der Waals surface area contributed by atoms with Gasteiger partial charge in [-0.1, -0.05) is 0 Å². The zero-order chi connectivity index (χ0) is 21.3. The van der Waals surface area contributed by atoms with Gasteiger partial charge in [0.25, 0.3) is 0 Å². The molecule has 0 bridgehead atoms. The summed E-state index contributed by atoms with van der Waals surface area (Å²) in [5.41, 5.74) is 1.64. The third kappa shape index (κ3) is 3.94. The van der Waals surface area contributed by atoms with Crippen LogP contribution in [-0.2, 0) is 9.59 Å². The maximum atomic E-state index is 13.5. The monoisotopic (exact) mass is 412 g/mol. The predicted octanol–water partition coefficient (Wildman–Crippen LogP) is 3.86. The lowest BCUT2D eigenvalue weighted by molar-refractivity contribution is -0.136. The minimum atomic E-state index is -0.823. The topological polar surface area (TPSA) is 89.8 Å². The van der Waals surface area contributed by atoms with Gasteiger partial charge in [0.15, 0.2) is 11.5 Å². The molecule has 0 spiro atoms. The molecule has 2 heterocycles. The normalized spacial score (nSPS) is 14.1. The van der Waals surface area contributed by atoms with Crippen LogP contribution in [0.3, 0.4) is 0 Å². The molecule has 2 aromatic carbocycles. The number of benzene rings is 2. The van der Waals surface area contributed by atoms with E-state index >= 15 is 0 Å². The molecule has 30 heavy (non-hydrogen) atoms. The van der Waals surface area contributed by atoms with E-state index in [1.807, 2.05) is 0 Å². The molecule has 0 saturated carbocycles. The Kier molecular flexibility index (Phi) is 5.31. The minimum Gasteiger partial charge on any atom is -0.490 e. The Labute approximate surface area is 172 Å². The van der Waals surface area contributed by atoms with Gasteiger partial charge in [0.05, 0.1) is 19.3 Å². The highest BCUT2D eigenvalue weighted by atomic mass is 19.1. The number of carbonyl (C=O) groups is 2. The maximum Gasteiger partial charge on any atom is 0.313 e. The van der Waals surface area contributed by atoms with E-state index in [9.17, 15) is 14.0 Å². The Hall–Kier alpha value is -3.55. The molecule has 0 fully saturated rings. The van der Waals surface area contributed by atoms with E-state index in [-0.39, 0.29) is 5.82 Å². The molecule has 2 N–H and O–H groups in total. The number of halogens is 1. The molecule has 8 heteroatoms. The van der Waals surface area contributed by atoms with Crippen LogP contribution in [0.1, 0.15) is 30.7 Å². The summed E-state index contributed by atoms with van der Waals surface area (Å²) in [5.74, 6) is -0.433. The summed E-state index contributed by atoms with van der Waals surface area (Å²) in [7, 11) is 0. The fourth-order valence-corrected chi connectivity index (χ4v) is 3.38. The molecule has 3 aromatic rings. The summed E-state index contributed by atoms with van der Waals surface area (Å²) in [6.45, 7) is 4.55. The van der Waals surface area contributed by atoms with Crippen LogP contribution in [0.5, 0.6) is 11.5 Å². The number of rotatable bonds is 3. The summed E-state index contributed by atoms with van der Waals surface area (Å²) < 4.78 is 30.4. The van der Waals surface area contributed by atoms with Crippen molar-refractivity contribution in [1.29, 1.82) is 0 Å². The molecule has 1 aliphatic heterocycles. The fourth-order valence-electron chi connectivity index (χ4n) is 3.38. The Morgan fingerprint density at radius 3 is 2.60 bits per heavy atom. The van der Waals surface area contributed by atoms with E-state index in [2.05, 4.69) is 10.6 Å². The molecular weight excluding hydrogens is 391 g/mol. The van der Waals surface area contributed by atoms with Crippen molar-refractivity contribution in [3.63, 3.8) is 0 Å². The van der Waals surface area contributed by atoms with Gasteiger partial charge >= 0.3 is 11.8 Å². The summed E-state index contributed by atoms with van der Waals surface area (Å²) >= 11 is 0. The lowest BCUT2D eigenvalue weighted by Gasteiger charge is -2.13. The molecule has 156 valence electrons. The van der Waals surface area contributed by atoms with Gasteiger partial charge in [0.2, 0.25) is 0 Å². The molecule has 0 aliphatic carbocycles. The zero-order valence-electron chi connectivity index (χ0n) is 16.6. The van der Waals surface area contributed by atoms with Gasteiger partial charge in [0.1, 0.15) is 17.2 Å². The summed E-state index contributed by atoms with van der Waals surface area (Å²) in [6, 6.07) is 8.58. The number of amides is 2. The van der Waals surface area contributed by atoms with Gasteiger partial charge in [-0.2, -0.15) is 0 Å². The van der Waals surface area contributed by atoms with Crippen molar-refractivity contribution < 1.29 is 27.9 Å². The van der Waals surface area contributed by atoms with Crippen LogP contribution in [0.2, 0.25) is 0 Å². The van der Waals surface area contributed by atoms with Gasteiger partial charge < -0.3 is 24.5 Å². The van der Waals surface area contributed by atoms with Crippen molar-refractivity contribution in [3.05, 3.63) is 53.5 Å². The SMILES string of the molecule is Cc1c(C(C)NC(=O)C(=O)Nc2ccc3c(c2)OCCCO3)oc2ccc(F)cc12. The Balaban J connectivity index is 1.44. The van der Waals surface area contributed by atoms with Gasteiger partial charge in [-0.05, 0) is 44.2 Å². The van der Waals surface area contributed by atoms with Crippen LogP contribution in [-0.4, -0.2) is 25.0 Å². The van der Waals surface area contributed by atoms with Gasteiger partial charge in [-0.15, -0.1) is 0 Å². The second kappa shape index (κ2) is 8.06. The van der Waals surface area contributed by atoms with Crippen molar-refractivity contribution >= 4 is 28.5 Å². The average molecular weight is 412 g/mol. The highest BCUT2D eigenvalue weighted by Crippen LogP contribution is 2.32. The summed E-state index contributed by atoms with van der Waals surface area (Å²) in [4.78, 5) is 24.7. The van der Waals surface area contributed by atoms with E-state index in [4.69, 9.17) is 13.9 Å². The largest absolute Gasteiger partial charge is 0.490 e. The molecule has 1 unspecified atom stereocenters. The van der Waals surface area contributed by atoms with E-state index in [1.165, 1.54) is 18.2 Å². The minimum absolute atomic E-state index is 0.371. The van der Waals surface area contributed by atoms with E-state index in [1.54, 1.807) is 32.0 Å². The summed E-state index contributed by atoms with van der Waals surface area (Å²) in [6.07, 6.45) is 0.768. The highest BCUT2D eigenvalue weighted by molar-refractivity contribution is 6.39. The molecule has 0 radical (unpaired) electrons. The standard InChI is InChI=1S/C22H21FN2O5/c1-12-16-10-14(23)4-6-17(16)30-20(12)13(2)24-21(26)22(27)25-15-5-7-18-19(11-15)29-9-3-8-28-18/h4-7,10-11,13H,3,8-9H2,1-2H3,(H,24,26)(H,25,27). The molecular formula is C22H21FN2O5. The number of ether oxygens (including phenoxy) is 2. The maximum absolute atomic E-state index is 13.5. The Morgan fingerprint density at radius 2 is 1.80 bits per heavy atom. The first-order valence-electron chi connectivity index (χ1n) is 9.62. The first-order chi connectivity index (χ1) is 14.4. The summed E-state index contributed by atoms with van der Waals surface area (Å²) in [5, 5.41) is 5.79. The first kappa shape index (κ1) is 19.8. The van der Waals surface area contributed by atoms with E-state index in [0.717, 1.165) is 6.42 Å². The van der Waals surface area contributed by atoms with Crippen molar-refractivity contribution in [2.45, 2.75) is 26.3 Å². The van der Waals surface area contributed by atoms with Gasteiger partial charge in [0, 0.05) is 29.1 Å². The lowest BCUT2D eigenvalue weighted by atomic mass is 10.1. The van der Waals surface area contributed by atoms with Crippen molar-refractivity contribution in [3.8, 4) is 11.5 Å². The van der Waals surface area contributed by atoms with Crippen LogP contribution < -0.4 is 20.1 Å². The molecule has 4 rings (SSSR count). The van der Waals surface area contributed by atoms with Crippen LogP contribution in [0, 0.1) is 12.7 Å². The van der Waals surface area contributed by atoms with Crippen molar-refractivity contribution in [2.75, 3.05) is 18.5 Å². The quantitative estimate of drug-likeness (QED) is 0.638. The van der Waals surface area contributed by atoms with E-state index < -0.39 is 17.9 Å².